The maximum Gasteiger partial charge on any atom is 0.251 e. The highest BCUT2D eigenvalue weighted by Crippen LogP contribution is 2.36. The Bertz CT molecular complexity index is 853. The van der Waals surface area contributed by atoms with Crippen molar-refractivity contribution in [3.63, 3.8) is 0 Å². The van der Waals surface area contributed by atoms with Crippen LogP contribution in [-0.4, -0.2) is 31.3 Å². The fourth-order valence-electron chi connectivity index (χ4n) is 2.63. The number of rotatable bonds is 5. The third kappa shape index (κ3) is 3.77. The zero-order chi connectivity index (χ0) is 18.7. The topological polar surface area (TPSA) is 76.7 Å². The maximum absolute atomic E-state index is 12.4. The van der Waals surface area contributed by atoms with Crippen LogP contribution in [0.25, 0.3) is 0 Å². The van der Waals surface area contributed by atoms with E-state index in [1.54, 1.807) is 32.4 Å². The summed E-state index contributed by atoms with van der Waals surface area (Å²) in [4.78, 5) is 25.2. The number of nitrogens with one attached hydrogen (secondary N) is 2. The molecule has 6 nitrogen and oxygen atoms in total. The lowest BCUT2D eigenvalue weighted by Crippen LogP contribution is -2.27. The van der Waals surface area contributed by atoms with Gasteiger partial charge in [-0.3, -0.25) is 9.59 Å². The van der Waals surface area contributed by atoms with Crippen molar-refractivity contribution < 1.29 is 19.1 Å². The molecule has 2 amide bonds. The van der Waals surface area contributed by atoms with Gasteiger partial charge in [-0.2, -0.15) is 0 Å². The molecule has 0 bridgehead atoms. The van der Waals surface area contributed by atoms with E-state index in [0.717, 1.165) is 10.5 Å². The van der Waals surface area contributed by atoms with Crippen molar-refractivity contribution in [2.24, 2.45) is 0 Å². The van der Waals surface area contributed by atoms with Crippen molar-refractivity contribution in [3.8, 4) is 11.5 Å². The molecule has 1 aliphatic rings. The molecular formula is C19H20N2O4S. The molecule has 3 rings (SSSR count). The van der Waals surface area contributed by atoms with Crippen molar-refractivity contribution >= 4 is 29.3 Å². The van der Waals surface area contributed by atoms with E-state index in [0.29, 0.717) is 29.3 Å². The van der Waals surface area contributed by atoms with Crippen LogP contribution < -0.4 is 20.1 Å². The number of carbonyl (C=O) groups is 2. The first-order chi connectivity index (χ1) is 12.5. The fourth-order valence-corrected chi connectivity index (χ4v) is 3.56. The quantitative estimate of drug-likeness (QED) is 0.844. The van der Waals surface area contributed by atoms with E-state index in [-0.39, 0.29) is 17.1 Å². The minimum absolute atomic E-state index is 0.0506. The normalized spacial score (nSPS) is 15.7. The van der Waals surface area contributed by atoms with E-state index in [2.05, 4.69) is 10.6 Å². The minimum Gasteiger partial charge on any atom is -0.493 e. The lowest BCUT2D eigenvalue weighted by atomic mass is 10.1. The lowest BCUT2D eigenvalue weighted by Gasteiger charge is -2.21. The van der Waals surface area contributed by atoms with Gasteiger partial charge >= 0.3 is 0 Å². The van der Waals surface area contributed by atoms with E-state index >= 15 is 0 Å². The molecule has 2 N–H and O–H groups in total. The predicted molar refractivity (Wildman–Crippen MR) is 101 cm³/mol. The molecule has 0 saturated carbocycles. The molecule has 0 radical (unpaired) electrons. The summed E-state index contributed by atoms with van der Waals surface area (Å²) < 4.78 is 10.5. The molecule has 136 valence electrons. The number of ether oxygens (including phenoxy) is 2. The van der Waals surface area contributed by atoms with Crippen molar-refractivity contribution in [2.75, 3.05) is 19.5 Å². The van der Waals surface area contributed by atoms with Crippen LogP contribution in [-0.2, 0) is 11.3 Å². The molecule has 0 unspecified atom stereocenters. The third-order valence-electron chi connectivity index (χ3n) is 4.07. The number of amides is 2. The first-order valence-corrected chi connectivity index (χ1v) is 9.00. The summed E-state index contributed by atoms with van der Waals surface area (Å²) in [6, 6.07) is 10.8. The highest BCUT2D eigenvalue weighted by atomic mass is 32.2. The number of anilines is 1. The number of methoxy groups -OCH3 is 2. The molecule has 0 saturated heterocycles. The molecule has 0 spiro atoms. The lowest BCUT2D eigenvalue weighted by molar-refractivity contribution is -0.115. The van der Waals surface area contributed by atoms with Gasteiger partial charge in [-0.25, -0.2) is 0 Å². The van der Waals surface area contributed by atoms with E-state index in [1.165, 1.54) is 11.8 Å². The SMILES string of the molecule is COc1ccc(CNC(=O)c2ccc3c(c2)NC(=O)[C@@H](C)S3)cc1OC. The monoisotopic (exact) mass is 372 g/mol. The second-order valence-corrected chi connectivity index (χ2v) is 7.21. The molecular weight excluding hydrogens is 352 g/mol. The van der Waals surface area contributed by atoms with Gasteiger partial charge in [-0.05, 0) is 42.8 Å². The molecule has 2 aromatic carbocycles. The second-order valence-electron chi connectivity index (χ2n) is 5.83. The third-order valence-corrected chi connectivity index (χ3v) is 5.25. The zero-order valence-corrected chi connectivity index (χ0v) is 15.6. The zero-order valence-electron chi connectivity index (χ0n) is 14.8. The van der Waals surface area contributed by atoms with Gasteiger partial charge < -0.3 is 20.1 Å². The number of benzene rings is 2. The van der Waals surface area contributed by atoms with Gasteiger partial charge in [0.15, 0.2) is 11.5 Å². The van der Waals surface area contributed by atoms with Crippen LogP contribution in [0.4, 0.5) is 5.69 Å². The van der Waals surface area contributed by atoms with Gasteiger partial charge in [0, 0.05) is 17.0 Å². The average Bonchev–Trinajstić information content (AvgIpc) is 2.66. The Balaban J connectivity index is 1.69. The number of hydrogen-bond donors (Lipinski definition) is 2. The Kier molecular flexibility index (Phi) is 5.37. The molecule has 1 atom stereocenters. The number of carbonyl (C=O) groups excluding carboxylic acids is 2. The van der Waals surface area contributed by atoms with Crippen LogP contribution >= 0.6 is 11.8 Å². The van der Waals surface area contributed by atoms with Crippen LogP contribution in [0, 0.1) is 0 Å². The van der Waals surface area contributed by atoms with Gasteiger partial charge in [0.25, 0.3) is 5.91 Å². The smallest absolute Gasteiger partial charge is 0.251 e. The Morgan fingerprint density at radius 2 is 1.92 bits per heavy atom. The van der Waals surface area contributed by atoms with Crippen LogP contribution in [0.3, 0.4) is 0 Å². The molecule has 2 aromatic rings. The number of fused-ring (bicyclic) bond motifs is 1. The summed E-state index contributed by atoms with van der Waals surface area (Å²) in [5, 5.41) is 5.58. The first kappa shape index (κ1) is 18.1. The predicted octanol–water partition coefficient (Wildman–Crippen LogP) is 3.07. The van der Waals surface area contributed by atoms with Crippen molar-refractivity contribution in [2.45, 2.75) is 23.6 Å². The van der Waals surface area contributed by atoms with Crippen LogP contribution in [0.5, 0.6) is 11.5 Å². The highest BCUT2D eigenvalue weighted by molar-refractivity contribution is 8.00. The summed E-state index contributed by atoms with van der Waals surface area (Å²) in [6.07, 6.45) is 0. The molecule has 0 aliphatic carbocycles. The van der Waals surface area contributed by atoms with Crippen molar-refractivity contribution in [3.05, 3.63) is 47.5 Å². The number of thioether (sulfide) groups is 1. The van der Waals surface area contributed by atoms with Gasteiger partial charge in [-0.15, -0.1) is 11.8 Å². The molecule has 0 aromatic heterocycles. The van der Waals surface area contributed by atoms with E-state index in [1.807, 2.05) is 25.1 Å². The van der Waals surface area contributed by atoms with Crippen molar-refractivity contribution in [1.82, 2.24) is 5.32 Å². The average molecular weight is 372 g/mol. The fraction of sp³-hybridized carbons (Fsp3) is 0.263. The van der Waals surface area contributed by atoms with E-state index in [9.17, 15) is 9.59 Å². The molecule has 26 heavy (non-hydrogen) atoms. The van der Waals surface area contributed by atoms with Crippen LogP contribution in [0.15, 0.2) is 41.3 Å². The molecule has 7 heteroatoms. The second kappa shape index (κ2) is 7.70. The Morgan fingerprint density at radius 1 is 1.15 bits per heavy atom. The largest absolute Gasteiger partial charge is 0.493 e. The Hall–Kier alpha value is -2.67. The van der Waals surface area contributed by atoms with Crippen molar-refractivity contribution in [1.29, 1.82) is 0 Å². The van der Waals surface area contributed by atoms with Crippen LogP contribution in [0.1, 0.15) is 22.8 Å². The summed E-state index contributed by atoms with van der Waals surface area (Å²) in [7, 11) is 3.15. The van der Waals surface area contributed by atoms with Gasteiger partial charge in [0.1, 0.15) is 0 Å². The Labute approximate surface area is 156 Å². The van der Waals surface area contributed by atoms with Gasteiger partial charge in [0.05, 0.1) is 25.2 Å². The van der Waals surface area contributed by atoms with Gasteiger partial charge in [0.2, 0.25) is 5.91 Å². The maximum atomic E-state index is 12.4. The summed E-state index contributed by atoms with van der Waals surface area (Å²) in [6.45, 7) is 2.21. The molecule has 0 fully saturated rings. The summed E-state index contributed by atoms with van der Waals surface area (Å²) >= 11 is 1.49. The van der Waals surface area contributed by atoms with E-state index in [4.69, 9.17) is 9.47 Å². The highest BCUT2D eigenvalue weighted by Gasteiger charge is 2.23. The molecule has 1 aliphatic heterocycles. The minimum atomic E-state index is -0.208. The summed E-state index contributed by atoms with van der Waals surface area (Å²) in [5.74, 6) is 0.993. The standard InChI is InChI=1S/C19H20N2O4S/c1-11-18(22)21-14-9-13(5-7-17(14)26-11)19(23)20-10-12-4-6-15(24-2)16(8-12)25-3/h4-9,11H,10H2,1-3H3,(H,20,23)(H,21,22)/t11-/m1/s1. The van der Waals surface area contributed by atoms with E-state index < -0.39 is 0 Å². The number of hydrogen-bond acceptors (Lipinski definition) is 5. The Morgan fingerprint density at radius 3 is 2.65 bits per heavy atom. The first-order valence-electron chi connectivity index (χ1n) is 8.12. The summed E-state index contributed by atoms with van der Waals surface area (Å²) in [5.41, 5.74) is 2.07. The van der Waals surface area contributed by atoms with Crippen LogP contribution in [0.2, 0.25) is 0 Å². The molecule has 1 heterocycles. The van der Waals surface area contributed by atoms with Gasteiger partial charge in [-0.1, -0.05) is 6.07 Å².